The summed E-state index contributed by atoms with van der Waals surface area (Å²) in [5, 5.41) is 24.5. The summed E-state index contributed by atoms with van der Waals surface area (Å²) in [5.74, 6) is 0. The number of allylic oxidation sites excluding steroid dienone is 1. The van der Waals surface area contributed by atoms with Gasteiger partial charge in [-0.05, 0) is 43.8 Å². The van der Waals surface area contributed by atoms with E-state index in [0.29, 0.717) is 12.1 Å². The van der Waals surface area contributed by atoms with Crippen LogP contribution in [0.5, 0.6) is 0 Å². The molecule has 7 nitrogen and oxygen atoms in total. The molecule has 0 fully saturated rings. The number of rotatable bonds is 7. The lowest BCUT2D eigenvalue weighted by molar-refractivity contribution is 0.310. The molecule has 0 atom stereocenters. The van der Waals surface area contributed by atoms with E-state index in [2.05, 4.69) is 33.0 Å². The molecule has 0 radical (unpaired) electrons. The van der Waals surface area contributed by atoms with Gasteiger partial charge in [-0.2, -0.15) is 20.6 Å². The van der Waals surface area contributed by atoms with Crippen molar-refractivity contribution in [2.75, 3.05) is 13.6 Å². The van der Waals surface area contributed by atoms with Gasteiger partial charge in [0.1, 0.15) is 0 Å². The lowest BCUT2D eigenvalue weighted by Crippen LogP contribution is -2.13. The Morgan fingerprint density at radius 1 is 1.30 bits per heavy atom. The van der Waals surface area contributed by atoms with E-state index in [-0.39, 0.29) is 0 Å². The molecule has 1 aliphatic rings. The monoisotopic (exact) mass is 399 g/mol. The highest BCUT2D eigenvalue weighted by Gasteiger charge is 2.20. The average molecular weight is 400 g/mol. The zero-order chi connectivity index (χ0) is 21.5. The fraction of sp³-hybridized carbons (Fsp3) is 0.304. The zero-order valence-corrected chi connectivity index (χ0v) is 17.6. The second-order valence-electron chi connectivity index (χ2n) is 6.97. The Hall–Kier alpha value is -3.66. The number of nitrogens with zero attached hydrogens (tertiary/aromatic N) is 7. The van der Waals surface area contributed by atoms with Gasteiger partial charge in [-0.1, -0.05) is 19.1 Å². The van der Waals surface area contributed by atoms with Gasteiger partial charge in [-0.25, -0.2) is 0 Å². The molecule has 2 heterocycles. The van der Waals surface area contributed by atoms with Crippen molar-refractivity contribution in [2.45, 2.75) is 33.2 Å². The van der Waals surface area contributed by atoms with Gasteiger partial charge in [-0.15, -0.1) is 0 Å². The van der Waals surface area contributed by atoms with Gasteiger partial charge in [0.2, 0.25) is 0 Å². The van der Waals surface area contributed by atoms with E-state index in [1.807, 2.05) is 49.2 Å². The number of hydrogen-bond donors (Lipinski definition) is 0. The van der Waals surface area contributed by atoms with E-state index in [1.54, 1.807) is 13.2 Å². The molecule has 0 amide bonds. The van der Waals surface area contributed by atoms with Crippen LogP contribution in [0.2, 0.25) is 0 Å². The fourth-order valence-electron chi connectivity index (χ4n) is 3.43. The third-order valence-electron chi connectivity index (χ3n) is 5.02. The van der Waals surface area contributed by atoms with Crippen LogP contribution in [0.4, 0.5) is 0 Å². The molecule has 3 rings (SSSR count). The number of aryl methyl sites for hydroxylation is 1. The number of benzene rings is 1. The smallest absolute Gasteiger partial charge is 0.0991 e. The molecule has 1 aromatic carbocycles. The Labute approximate surface area is 177 Å². The van der Waals surface area contributed by atoms with Gasteiger partial charge in [0, 0.05) is 43.1 Å². The average Bonchev–Trinajstić information content (AvgIpc) is 3.23. The number of aromatic nitrogens is 2. The molecular formula is C23H25N7. The van der Waals surface area contributed by atoms with Crippen molar-refractivity contribution in [3.8, 4) is 6.07 Å². The Bertz CT molecular complexity index is 1060. The first-order valence-electron chi connectivity index (χ1n) is 9.88. The molecule has 0 saturated carbocycles. The van der Waals surface area contributed by atoms with Crippen molar-refractivity contribution >= 4 is 23.7 Å². The predicted molar refractivity (Wildman–Crippen MR) is 121 cm³/mol. The highest BCUT2D eigenvalue weighted by Crippen LogP contribution is 2.22. The molecule has 7 heteroatoms. The van der Waals surface area contributed by atoms with E-state index in [4.69, 9.17) is 10.4 Å². The quantitative estimate of drug-likeness (QED) is 0.663. The van der Waals surface area contributed by atoms with Gasteiger partial charge in [0.25, 0.3) is 0 Å². The van der Waals surface area contributed by atoms with Crippen LogP contribution in [0, 0.1) is 18.3 Å². The summed E-state index contributed by atoms with van der Waals surface area (Å²) in [6, 6.07) is 11.8. The van der Waals surface area contributed by atoms with E-state index in [1.165, 1.54) is 0 Å². The minimum absolute atomic E-state index is 0.662. The normalized spacial score (nSPS) is 14.5. The topological polar surface area (TPSA) is 89.9 Å². The van der Waals surface area contributed by atoms with E-state index >= 15 is 0 Å². The highest BCUT2D eigenvalue weighted by atomic mass is 15.5. The van der Waals surface area contributed by atoms with Crippen LogP contribution in [-0.2, 0) is 6.54 Å². The first-order valence-corrected chi connectivity index (χ1v) is 9.88. The largest absolute Gasteiger partial charge is 0.292 e. The fourth-order valence-corrected chi connectivity index (χ4v) is 3.43. The third-order valence-corrected chi connectivity index (χ3v) is 5.02. The van der Waals surface area contributed by atoms with Crippen LogP contribution < -0.4 is 0 Å². The molecular weight excluding hydrogens is 374 g/mol. The molecule has 1 aliphatic heterocycles. The second kappa shape index (κ2) is 9.70. The minimum atomic E-state index is 0.662. The van der Waals surface area contributed by atoms with Crippen molar-refractivity contribution in [3.05, 3.63) is 64.6 Å². The highest BCUT2D eigenvalue weighted by molar-refractivity contribution is 6.23. The predicted octanol–water partition coefficient (Wildman–Crippen LogP) is 3.79. The molecule has 152 valence electrons. The Morgan fingerprint density at radius 3 is 2.70 bits per heavy atom. The molecule has 0 bridgehead atoms. The van der Waals surface area contributed by atoms with Gasteiger partial charge in [0.15, 0.2) is 0 Å². The minimum Gasteiger partial charge on any atom is -0.292 e. The Kier molecular flexibility index (Phi) is 6.81. The maximum atomic E-state index is 8.95. The number of aliphatic imine (C=N–C) groups is 2. The van der Waals surface area contributed by atoms with Crippen molar-refractivity contribution in [1.82, 2.24) is 15.2 Å². The standard InChI is InChI=1S/C23H25N7/c1-5-21(26-4)20(14-25-3)23-12-19(16(2)27-28-23)22-10-11-30(29-22)15-18-8-6-17(13-24)7-9-18/h6-9,12,14H,3,5,10-11,15H2,1-2,4H3/b20-14+,26-21?. The maximum Gasteiger partial charge on any atom is 0.0991 e. The van der Waals surface area contributed by atoms with E-state index < -0.39 is 0 Å². The molecule has 0 spiro atoms. The van der Waals surface area contributed by atoms with Crippen LogP contribution in [0.1, 0.15) is 47.8 Å². The lowest BCUT2D eigenvalue weighted by Gasteiger charge is -2.13. The molecule has 0 N–H and O–H groups in total. The zero-order valence-electron chi connectivity index (χ0n) is 17.6. The van der Waals surface area contributed by atoms with Gasteiger partial charge in [-0.3, -0.25) is 15.0 Å². The molecule has 30 heavy (non-hydrogen) atoms. The van der Waals surface area contributed by atoms with Crippen molar-refractivity contribution in [2.24, 2.45) is 15.1 Å². The van der Waals surface area contributed by atoms with Crippen LogP contribution in [0.25, 0.3) is 5.57 Å². The number of hydrazone groups is 1. The SMILES string of the molecule is C=N/C=C(\C(CC)=NC)c1cc(C2=NN(Cc3ccc(C#N)cc3)CC2)c(C)nn1. The molecule has 0 unspecified atom stereocenters. The summed E-state index contributed by atoms with van der Waals surface area (Å²) >= 11 is 0. The molecule has 0 aliphatic carbocycles. The lowest BCUT2D eigenvalue weighted by atomic mass is 10.0. The van der Waals surface area contributed by atoms with Crippen LogP contribution in [-0.4, -0.2) is 46.9 Å². The Balaban J connectivity index is 1.87. The summed E-state index contributed by atoms with van der Waals surface area (Å²) in [7, 11) is 1.76. The van der Waals surface area contributed by atoms with Crippen LogP contribution in [0.15, 0.2) is 51.6 Å². The van der Waals surface area contributed by atoms with Crippen molar-refractivity contribution < 1.29 is 0 Å². The summed E-state index contributed by atoms with van der Waals surface area (Å²) in [6.07, 6.45) is 3.29. The third kappa shape index (κ3) is 4.66. The first-order chi connectivity index (χ1) is 14.6. The first kappa shape index (κ1) is 21.1. The maximum absolute atomic E-state index is 8.95. The van der Waals surface area contributed by atoms with Crippen LogP contribution in [0.3, 0.4) is 0 Å². The second-order valence-corrected chi connectivity index (χ2v) is 6.97. The summed E-state index contributed by atoms with van der Waals surface area (Å²) < 4.78 is 0. The van der Waals surface area contributed by atoms with Gasteiger partial charge in [0.05, 0.1) is 35.3 Å². The summed E-state index contributed by atoms with van der Waals surface area (Å²) in [6.45, 7) is 9.10. The summed E-state index contributed by atoms with van der Waals surface area (Å²) in [4.78, 5) is 8.29. The van der Waals surface area contributed by atoms with Gasteiger partial charge >= 0.3 is 0 Å². The summed E-state index contributed by atoms with van der Waals surface area (Å²) in [5.41, 5.74) is 7.07. The van der Waals surface area contributed by atoms with Gasteiger partial charge < -0.3 is 0 Å². The van der Waals surface area contributed by atoms with Crippen molar-refractivity contribution in [1.29, 1.82) is 5.26 Å². The molecule has 2 aromatic rings. The van der Waals surface area contributed by atoms with Crippen molar-refractivity contribution in [3.63, 3.8) is 0 Å². The Morgan fingerprint density at radius 2 is 2.07 bits per heavy atom. The molecule has 1 aromatic heterocycles. The van der Waals surface area contributed by atoms with E-state index in [0.717, 1.165) is 58.9 Å². The van der Waals surface area contributed by atoms with Crippen LogP contribution >= 0.6 is 0 Å². The molecule has 0 saturated heterocycles. The number of nitriles is 1. The number of hydrogen-bond acceptors (Lipinski definition) is 7. The van der Waals surface area contributed by atoms with E-state index in [9.17, 15) is 0 Å².